The number of carbonyl (C=O) groups is 4. The lowest BCUT2D eigenvalue weighted by Gasteiger charge is -2.10. The second kappa shape index (κ2) is 9.67. The smallest absolute Gasteiger partial charge is 0.355 e. The summed E-state index contributed by atoms with van der Waals surface area (Å²) >= 11 is 0. The largest absolute Gasteiger partial charge is 0.451 e. The first kappa shape index (κ1) is 20.4. The van der Waals surface area contributed by atoms with Gasteiger partial charge in [-0.25, -0.2) is 4.79 Å². The summed E-state index contributed by atoms with van der Waals surface area (Å²) in [6, 6.07) is 14.8. The molecule has 0 radical (unpaired) electrons. The van der Waals surface area contributed by atoms with Gasteiger partial charge in [0.2, 0.25) is 11.8 Å². The van der Waals surface area contributed by atoms with E-state index in [1.54, 1.807) is 24.3 Å². The first-order chi connectivity index (χ1) is 13.3. The number of benzene rings is 2. The van der Waals surface area contributed by atoms with Crippen molar-refractivity contribution in [3.05, 3.63) is 71.4 Å². The Kier molecular flexibility index (Phi) is 7.04. The van der Waals surface area contributed by atoms with Crippen molar-refractivity contribution in [1.82, 2.24) is 5.32 Å². The average Bonchev–Trinajstić information content (AvgIpc) is 2.66. The maximum absolute atomic E-state index is 12.2. The van der Waals surface area contributed by atoms with Crippen molar-refractivity contribution < 1.29 is 23.9 Å². The SMILES string of the molecule is CC(=O)NC(=Cc1ccccc1)C(=O)OCC(=O)Nc1ccc(C(N)=O)cc1. The number of amides is 3. The van der Waals surface area contributed by atoms with E-state index in [1.807, 2.05) is 6.07 Å². The van der Waals surface area contributed by atoms with Gasteiger partial charge in [0.1, 0.15) is 5.70 Å². The molecule has 0 heterocycles. The van der Waals surface area contributed by atoms with Gasteiger partial charge >= 0.3 is 5.97 Å². The van der Waals surface area contributed by atoms with Crippen molar-refractivity contribution in [2.45, 2.75) is 6.92 Å². The fraction of sp³-hybridized carbons (Fsp3) is 0.100. The summed E-state index contributed by atoms with van der Waals surface area (Å²) in [6.45, 7) is 0.705. The van der Waals surface area contributed by atoms with Gasteiger partial charge in [-0.15, -0.1) is 0 Å². The Hall–Kier alpha value is -3.94. The molecule has 2 rings (SSSR count). The number of anilines is 1. The van der Waals surface area contributed by atoms with Gasteiger partial charge in [0, 0.05) is 18.2 Å². The van der Waals surface area contributed by atoms with Crippen LogP contribution < -0.4 is 16.4 Å². The minimum atomic E-state index is -0.849. The van der Waals surface area contributed by atoms with Gasteiger partial charge in [-0.1, -0.05) is 30.3 Å². The van der Waals surface area contributed by atoms with Crippen LogP contribution in [0, 0.1) is 0 Å². The minimum absolute atomic E-state index is 0.0858. The van der Waals surface area contributed by atoms with E-state index in [9.17, 15) is 19.2 Å². The predicted molar refractivity (Wildman–Crippen MR) is 103 cm³/mol. The van der Waals surface area contributed by atoms with Gasteiger partial charge < -0.3 is 21.1 Å². The van der Waals surface area contributed by atoms with E-state index < -0.39 is 30.3 Å². The zero-order valence-electron chi connectivity index (χ0n) is 15.1. The Bertz CT molecular complexity index is 905. The Morgan fingerprint density at radius 2 is 1.64 bits per heavy atom. The molecule has 0 bridgehead atoms. The standard InChI is InChI=1S/C20H19N3O5/c1-13(24)22-17(11-14-5-3-2-4-6-14)20(27)28-12-18(25)23-16-9-7-15(8-10-16)19(21)26/h2-11H,12H2,1H3,(H2,21,26)(H,22,24)(H,23,25). The van der Waals surface area contributed by atoms with Crippen molar-refractivity contribution in [2.75, 3.05) is 11.9 Å². The molecule has 0 fully saturated rings. The number of nitrogens with two attached hydrogens (primary N) is 1. The van der Waals surface area contributed by atoms with Crippen LogP contribution >= 0.6 is 0 Å². The monoisotopic (exact) mass is 381 g/mol. The number of primary amides is 1. The second-order valence-corrected chi connectivity index (χ2v) is 5.72. The van der Waals surface area contributed by atoms with E-state index >= 15 is 0 Å². The molecule has 3 amide bonds. The Morgan fingerprint density at radius 3 is 2.21 bits per heavy atom. The van der Waals surface area contributed by atoms with Crippen LogP contribution in [0.25, 0.3) is 6.08 Å². The summed E-state index contributed by atoms with van der Waals surface area (Å²) in [5.74, 6) is -2.46. The lowest BCUT2D eigenvalue weighted by Crippen LogP contribution is -2.28. The quantitative estimate of drug-likeness (QED) is 0.494. The Labute approximate surface area is 161 Å². The number of rotatable bonds is 7. The molecule has 2 aromatic carbocycles. The molecule has 2 aromatic rings. The second-order valence-electron chi connectivity index (χ2n) is 5.72. The van der Waals surface area contributed by atoms with Crippen LogP contribution in [-0.4, -0.2) is 30.3 Å². The first-order valence-electron chi connectivity index (χ1n) is 8.26. The Morgan fingerprint density at radius 1 is 1.00 bits per heavy atom. The molecule has 4 N–H and O–H groups in total. The molecule has 144 valence electrons. The number of esters is 1. The first-order valence-corrected chi connectivity index (χ1v) is 8.26. The zero-order valence-corrected chi connectivity index (χ0v) is 15.1. The van der Waals surface area contributed by atoms with Crippen molar-refractivity contribution in [3.8, 4) is 0 Å². The van der Waals surface area contributed by atoms with Crippen LogP contribution in [0.2, 0.25) is 0 Å². The molecular formula is C20H19N3O5. The highest BCUT2D eigenvalue weighted by Gasteiger charge is 2.15. The molecule has 0 atom stereocenters. The fourth-order valence-corrected chi connectivity index (χ4v) is 2.18. The van der Waals surface area contributed by atoms with Gasteiger partial charge in [-0.05, 0) is 35.9 Å². The summed E-state index contributed by atoms with van der Waals surface area (Å²) in [4.78, 5) is 46.5. The van der Waals surface area contributed by atoms with E-state index in [0.29, 0.717) is 16.8 Å². The van der Waals surface area contributed by atoms with Crippen LogP contribution in [0.15, 0.2) is 60.3 Å². The van der Waals surface area contributed by atoms with Gasteiger partial charge in [-0.2, -0.15) is 0 Å². The van der Waals surface area contributed by atoms with Crippen LogP contribution in [-0.2, 0) is 19.1 Å². The van der Waals surface area contributed by atoms with Crippen molar-refractivity contribution in [2.24, 2.45) is 5.73 Å². The summed E-state index contributed by atoms with van der Waals surface area (Å²) in [5, 5.41) is 4.91. The van der Waals surface area contributed by atoms with Gasteiger partial charge in [0.05, 0.1) is 0 Å². The molecule has 28 heavy (non-hydrogen) atoms. The number of ether oxygens (including phenoxy) is 1. The van der Waals surface area contributed by atoms with Crippen LogP contribution in [0.1, 0.15) is 22.8 Å². The topological polar surface area (TPSA) is 128 Å². The van der Waals surface area contributed by atoms with E-state index in [-0.39, 0.29) is 5.70 Å². The lowest BCUT2D eigenvalue weighted by atomic mass is 10.2. The average molecular weight is 381 g/mol. The van der Waals surface area contributed by atoms with Crippen LogP contribution in [0.5, 0.6) is 0 Å². The lowest BCUT2D eigenvalue weighted by molar-refractivity contribution is -0.144. The zero-order chi connectivity index (χ0) is 20.5. The number of carbonyl (C=O) groups excluding carboxylic acids is 4. The van der Waals surface area contributed by atoms with E-state index in [4.69, 9.17) is 10.5 Å². The van der Waals surface area contributed by atoms with Crippen molar-refractivity contribution in [3.63, 3.8) is 0 Å². The molecule has 0 unspecified atom stereocenters. The summed E-state index contributed by atoms with van der Waals surface area (Å²) in [5.41, 5.74) is 6.45. The fourth-order valence-electron chi connectivity index (χ4n) is 2.18. The Balaban J connectivity index is 1.97. The molecule has 0 aromatic heterocycles. The molecular weight excluding hydrogens is 362 g/mol. The van der Waals surface area contributed by atoms with Gasteiger partial charge in [-0.3, -0.25) is 14.4 Å². The maximum Gasteiger partial charge on any atom is 0.355 e. The van der Waals surface area contributed by atoms with E-state index in [2.05, 4.69) is 10.6 Å². The third kappa shape index (κ3) is 6.41. The number of hydrogen-bond donors (Lipinski definition) is 3. The van der Waals surface area contributed by atoms with Crippen molar-refractivity contribution in [1.29, 1.82) is 0 Å². The molecule has 0 aliphatic carbocycles. The molecule has 0 spiro atoms. The number of nitrogens with one attached hydrogen (secondary N) is 2. The van der Waals surface area contributed by atoms with E-state index in [0.717, 1.165) is 0 Å². The molecule has 8 nitrogen and oxygen atoms in total. The minimum Gasteiger partial charge on any atom is -0.451 e. The maximum atomic E-state index is 12.2. The molecule has 0 saturated heterocycles. The summed E-state index contributed by atoms with van der Waals surface area (Å²) in [7, 11) is 0. The van der Waals surface area contributed by atoms with E-state index in [1.165, 1.54) is 37.3 Å². The normalized spacial score (nSPS) is 10.7. The molecule has 0 saturated carbocycles. The highest BCUT2D eigenvalue weighted by atomic mass is 16.5. The summed E-state index contributed by atoms with van der Waals surface area (Å²) in [6.07, 6.45) is 1.45. The third-order valence-corrected chi connectivity index (χ3v) is 3.43. The highest BCUT2D eigenvalue weighted by Crippen LogP contribution is 2.10. The summed E-state index contributed by atoms with van der Waals surface area (Å²) < 4.78 is 4.97. The van der Waals surface area contributed by atoms with Gasteiger partial charge in [0.25, 0.3) is 5.91 Å². The molecule has 8 heteroatoms. The van der Waals surface area contributed by atoms with Crippen molar-refractivity contribution >= 4 is 35.5 Å². The van der Waals surface area contributed by atoms with Crippen LogP contribution in [0.4, 0.5) is 5.69 Å². The molecule has 0 aliphatic rings. The molecule has 0 aliphatic heterocycles. The predicted octanol–water partition coefficient (Wildman–Crippen LogP) is 1.44. The van der Waals surface area contributed by atoms with Gasteiger partial charge in [0.15, 0.2) is 6.61 Å². The third-order valence-electron chi connectivity index (χ3n) is 3.43. The highest BCUT2D eigenvalue weighted by molar-refractivity contribution is 6.00. The van der Waals surface area contributed by atoms with Crippen LogP contribution in [0.3, 0.4) is 0 Å². The number of hydrogen-bond acceptors (Lipinski definition) is 5.